The average Bonchev–Trinajstić information content (AvgIpc) is 2.20. The summed E-state index contributed by atoms with van der Waals surface area (Å²) in [4.78, 5) is 11.1. The van der Waals surface area contributed by atoms with Crippen LogP contribution in [0.5, 0.6) is 0 Å². The molecular formula is C11H9BrClNO2. The van der Waals surface area contributed by atoms with Crippen LogP contribution in [0.4, 0.5) is 0 Å². The van der Waals surface area contributed by atoms with E-state index in [1.165, 1.54) is 0 Å². The zero-order valence-corrected chi connectivity index (χ0v) is 10.5. The lowest BCUT2D eigenvalue weighted by Gasteiger charge is -2.14. The van der Waals surface area contributed by atoms with Crippen LogP contribution in [-0.2, 0) is 4.79 Å². The van der Waals surface area contributed by atoms with E-state index in [0.717, 1.165) is 0 Å². The Morgan fingerprint density at radius 2 is 2.38 bits per heavy atom. The first-order valence-corrected chi connectivity index (χ1v) is 5.58. The molecule has 0 aromatic heterocycles. The molecule has 16 heavy (non-hydrogen) atoms. The Bertz CT molecular complexity index is 442. The number of nitrogens with one attached hydrogen (secondary N) is 1. The Labute approximate surface area is 107 Å². The van der Waals surface area contributed by atoms with E-state index in [1.807, 2.05) is 0 Å². The molecule has 0 fully saturated rings. The molecule has 1 atom stereocenters. The molecule has 0 aliphatic heterocycles. The molecule has 0 aliphatic carbocycles. The van der Waals surface area contributed by atoms with Crippen molar-refractivity contribution in [2.75, 3.05) is 6.54 Å². The zero-order valence-electron chi connectivity index (χ0n) is 8.21. The van der Waals surface area contributed by atoms with Crippen molar-refractivity contribution < 1.29 is 9.90 Å². The lowest BCUT2D eigenvalue weighted by atomic mass is 10.1. The van der Waals surface area contributed by atoms with Gasteiger partial charge >= 0.3 is 5.97 Å². The SMILES string of the molecule is C#CCNC(C(=O)O)c1ccc(Cl)cc1Br. The normalized spacial score (nSPS) is 11.8. The van der Waals surface area contributed by atoms with Crippen molar-refractivity contribution in [1.29, 1.82) is 0 Å². The van der Waals surface area contributed by atoms with E-state index in [9.17, 15) is 4.79 Å². The highest BCUT2D eigenvalue weighted by atomic mass is 79.9. The van der Waals surface area contributed by atoms with Gasteiger partial charge in [0.1, 0.15) is 6.04 Å². The van der Waals surface area contributed by atoms with E-state index in [4.69, 9.17) is 23.1 Å². The lowest BCUT2D eigenvalue weighted by molar-refractivity contribution is -0.139. The molecule has 2 N–H and O–H groups in total. The Balaban J connectivity index is 3.02. The highest BCUT2D eigenvalue weighted by molar-refractivity contribution is 9.10. The predicted molar refractivity (Wildman–Crippen MR) is 66.4 cm³/mol. The van der Waals surface area contributed by atoms with Gasteiger partial charge in [-0.1, -0.05) is 39.5 Å². The van der Waals surface area contributed by atoms with Crippen LogP contribution in [0.15, 0.2) is 22.7 Å². The van der Waals surface area contributed by atoms with Gasteiger partial charge in [0.2, 0.25) is 0 Å². The molecule has 0 radical (unpaired) electrons. The summed E-state index contributed by atoms with van der Waals surface area (Å²) in [6, 6.07) is 4.08. The van der Waals surface area contributed by atoms with E-state index >= 15 is 0 Å². The van der Waals surface area contributed by atoms with Crippen molar-refractivity contribution in [3.8, 4) is 12.3 Å². The standard InChI is InChI=1S/C11H9BrClNO2/c1-2-5-14-10(11(15)16)8-4-3-7(13)6-9(8)12/h1,3-4,6,10,14H,5H2,(H,15,16). The number of halogens is 2. The molecule has 84 valence electrons. The summed E-state index contributed by atoms with van der Waals surface area (Å²) in [5.74, 6) is 1.35. The first-order valence-electron chi connectivity index (χ1n) is 4.41. The van der Waals surface area contributed by atoms with E-state index in [-0.39, 0.29) is 6.54 Å². The Morgan fingerprint density at radius 3 is 2.88 bits per heavy atom. The summed E-state index contributed by atoms with van der Waals surface area (Å²) in [6.07, 6.45) is 5.08. The molecule has 0 saturated heterocycles. The number of carboxylic acids is 1. The summed E-state index contributed by atoms with van der Waals surface area (Å²) >= 11 is 9.04. The average molecular weight is 303 g/mol. The molecule has 0 heterocycles. The summed E-state index contributed by atoms with van der Waals surface area (Å²) < 4.78 is 0.636. The molecular weight excluding hydrogens is 293 g/mol. The van der Waals surface area contributed by atoms with Gasteiger partial charge in [0.05, 0.1) is 6.54 Å². The molecule has 1 unspecified atom stereocenters. The highest BCUT2D eigenvalue weighted by Crippen LogP contribution is 2.26. The number of terminal acetylenes is 1. The Morgan fingerprint density at radius 1 is 1.69 bits per heavy atom. The number of aliphatic carboxylic acids is 1. The Kier molecular flexibility index (Phi) is 4.81. The quantitative estimate of drug-likeness (QED) is 0.840. The number of carboxylic acid groups (broad SMARTS) is 1. The topological polar surface area (TPSA) is 49.3 Å². The van der Waals surface area contributed by atoms with Crippen LogP contribution in [0.2, 0.25) is 5.02 Å². The third-order valence-corrected chi connectivity index (χ3v) is 2.85. The first-order chi connectivity index (χ1) is 7.56. The van der Waals surface area contributed by atoms with E-state index in [2.05, 4.69) is 27.2 Å². The third-order valence-electron chi connectivity index (χ3n) is 1.93. The monoisotopic (exact) mass is 301 g/mol. The van der Waals surface area contributed by atoms with Crippen LogP contribution in [0, 0.1) is 12.3 Å². The van der Waals surface area contributed by atoms with Crippen molar-refractivity contribution in [3.05, 3.63) is 33.3 Å². The van der Waals surface area contributed by atoms with Crippen molar-refractivity contribution in [2.24, 2.45) is 0 Å². The lowest BCUT2D eigenvalue weighted by Crippen LogP contribution is -2.29. The molecule has 5 heteroatoms. The van der Waals surface area contributed by atoms with E-state index in [1.54, 1.807) is 18.2 Å². The van der Waals surface area contributed by atoms with Gasteiger partial charge in [-0.15, -0.1) is 6.42 Å². The van der Waals surface area contributed by atoms with Crippen molar-refractivity contribution in [3.63, 3.8) is 0 Å². The second-order valence-corrected chi connectivity index (χ2v) is 4.31. The summed E-state index contributed by atoms with van der Waals surface area (Å²) in [5, 5.41) is 12.3. The molecule has 0 bridgehead atoms. The van der Waals surface area contributed by atoms with Crippen LogP contribution in [-0.4, -0.2) is 17.6 Å². The van der Waals surface area contributed by atoms with Crippen LogP contribution in [0.1, 0.15) is 11.6 Å². The second-order valence-electron chi connectivity index (χ2n) is 3.02. The fourth-order valence-corrected chi connectivity index (χ4v) is 2.14. The van der Waals surface area contributed by atoms with Gasteiger partial charge in [-0.3, -0.25) is 10.1 Å². The fourth-order valence-electron chi connectivity index (χ4n) is 1.23. The fraction of sp³-hybridized carbons (Fsp3) is 0.182. The summed E-state index contributed by atoms with van der Waals surface area (Å²) in [6.45, 7) is 0.187. The molecule has 1 rings (SSSR count). The van der Waals surface area contributed by atoms with Gasteiger partial charge in [-0.2, -0.15) is 0 Å². The van der Waals surface area contributed by atoms with Gasteiger partial charge < -0.3 is 5.11 Å². The minimum atomic E-state index is -0.988. The van der Waals surface area contributed by atoms with Crippen LogP contribution in [0.3, 0.4) is 0 Å². The second kappa shape index (κ2) is 5.90. The Hall–Kier alpha value is -1.02. The van der Waals surface area contributed by atoms with Crippen LogP contribution in [0.25, 0.3) is 0 Å². The molecule has 0 saturated carbocycles. The zero-order chi connectivity index (χ0) is 12.1. The maximum absolute atomic E-state index is 11.1. The first kappa shape index (κ1) is 13.0. The van der Waals surface area contributed by atoms with Crippen molar-refractivity contribution in [2.45, 2.75) is 6.04 Å². The highest BCUT2D eigenvalue weighted by Gasteiger charge is 2.21. The van der Waals surface area contributed by atoms with Crippen molar-refractivity contribution >= 4 is 33.5 Å². The number of hydrogen-bond acceptors (Lipinski definition) is 2. The van der Waals surface area contributed by atoms with E-state index in [0.29, 0.717) is 15.1 Å². The number of benzene rings is 1. The third kappa shape index (κ3) is 3.24. The molecule has 0 aliphatic rings. The van der Waals surface area contributed by atoms with Gasteiger partial charge in [-0.05, 0) is 17.7 Å². The molecule has 1 aromatic carbocycles. The molecule has 0 spiro atoms. The molecule has 3 nitrogen and oxygen atoms in total. The maximum atomic E-state index is 11.1. The number of hydrogen-bond donors (Lipinski definition) is 2. The minimum absolute atomic E-state index is 0.187. The summed E-state index contributed by atoms with van der Waals surface area (Å²) in [5.41, 5.74) is 0.590. The number of carbonyl (C=O) groups is 1. The van der Waals surface area contributed by atoms with Gasteiger partial charge in [0.25, 0.3) is 0 Å². The molecule has 1 aromatic rings. The maximum Gasteiger partial charge on any atom is 0.325 e. The van der Waals surface area contributed by atoms with Crippen LogP contribution >= 0.6 is 27.5 Å². The summed E-state index contributed by atoms with van der Waals surface area (Å²) in [7, 11) is 0. The van der Waals surface area contributed by atoms with Crippen molar-refractivity contribution in [1.82, 2.24) is 5.32 Å². The number of rotatable bonds is 4. The smallest absolute Gasteiger partial charge is 0.325 e. The molecule has 0 amide bonds. The largest absolute Gasteiger partial charge is 0.480 e. The van der Waals surface area contributed by atoms with Gasteiger partial charge in [0.15, 0.2) is 0 Å². The minimum Gasteiger partial charge on any atom is -0.480 e. The van der Waals surface area contributed by atoms with E-state index < -0.39 is 12.0 Å². The van der Waals surface area contributed by atoms with Gasteiger partial charge in [0, 0.05) is 9.50 Å². The predicted octanol–water partition coefficient (Wildman–Crippen LogP) is 2.45. The van der Waals surface area contributed by atoms with Crippen LogP contribution < -0.4 is 5.32 Å². The van der Waals surface area contributed by atoms with Gasteiger partial charge in [-0.25, -0.2) is 0 Å².